The summed E-state index contributed by atoms with van der Waals surface area (Å²) in [5, 5.41) is 10.9. The van der Waals surface area contributed by atoms with Crippen molar-refractivity contribution in [3.63, 3.8) is 0 Å². The van der Waals surface area contributed by atoms with Gasteiger partial charge in [-0.05, 0) is 36.6 Å². The molecule has 0 aliphatic rings. The standard InChI is InChI=1S/C13H13N3O2S2/c1-9(12-3-2-6-19-12)16-20(17,18)13-5-4-11(15)7-10(13)8-14/h2-7,9,16H,15H2,1H3. The fraction of sp³-hybridized carbons (Fsp3) is 0.154. The average molecular weight is 307 g/mol. The Morgan fingerprint density at radius 2 is 2.15 bits per heavy atom. The third-order valence-electron chi connectivity index (χ3n) is 2.72. The number of nitrogens with zero attached hydrogens (tertiary/aromatic N) is 1. The number of nitrogen functional groups attached to an aromatic ring is 1. The monoisotopic (exact) mass is 307 g/mol. The Kier molecular flexibility index (Phi) is 4.09. The van der Waals surface area contributed by atoms with E-state index < -0.39 is 10.0 Å². The first-order valence-electron chi connectivity index (χ1n) is 5.79. The smallest absolute Gasteiger partial charge is 0.242 e. The number of benzene rings is 1. The van der Waals surface area contributed by atoms with E-state index in [1.807, 2.05) is 23.6 Å². The van der Waals surface area contributed by atoms with Crippen LogP contribution in [0.4, 0.5) is 5.69 Å². The van der Waals surface area contributed by atoms with Crippen LogP contribution in [0.2, 0.25) is 0 Å². The van der Waals surface area contributed by atoms with Crippen LogP contribution in [0.1, 0.15) is 23.4 Å². The van der Waals surface area contributed by atoms with Crippen LogP contribution in [-0.4, -0.2) is 8.42 Å². The van der Waals surface area contributed by atoms with Crippen LogP contribution in [0.25, 0.3) is 0 Å². The Hall–Kier alpha value is -1.88. The summed E-state index contributed by atoms with van der Waals surface area (Å²) in [5.41, 5.74) is 5.95. The van der Waals surface area contributed by atoms with E-state index in [-0.39, 0.29) is 16.5 Å². The van der Waals surface area contributed by atoms with Crippen LogP contribution in [0.5, 0.6) is 0 Å². The zero-order valence-electron chi connectivity index (χ0n) is 10.7. The van der Waals surface area contributed by atoms with Gasteiger partial charge in [0.05, 0.1) is 16.5 Å². The molecule has 1 atom stereocenters. The molecule has 20 heavy (non-hydrogen) atoms. The summed E-state index contributed by atoms with van der Waals surface area (Å²) >= 11 is 1.47. The molecule has 0 spiro atoms. The van der Waals surface area contributed by atoms with Crippen LogP contribution in [0.15, 0.2) is 40.6 Å². The summed E-state index contributed by atoms with van der Waals surface area (Å²) in [7, 11) is -3.77. The molecule has 2 rings (SSSR count). The summed E-state index contributed by atoms with van der Waals surface area (Å²) in [6.07, 6.45) is 0. The highest BCUT2D eigenvalue weighted by Gasteiger charge is 2.22. The highest BCUT2D eigenvalue weighted by molar-refractivity contribution is 7.89. The second-order valence-corrected chi connectivity index (χ2v) is 6.89. The molecule has 0 radical (unpaired) electrons. The van der Waals surface area contributed by atoms with Crippen LogP contribution >= 0.6 is 11.3 Å². The number of nitriles is 1. The quantitative estimate of drug-likeness (QED) is 0.847. The van der Waals surface area contributed by atoms with Gasteiger partial charge in [-0.15, -0.1) is 11.3 Å². The summed E-state index contributed by atoms with van der Waals surface area (Å²) in [6, 6.07) is 9.37. The van der Waals surface area contributed by atoms with E-state index in [0.29, 0.717) is 5.69 Å². The Balaban J connectivity index is 2.34. The van der Waals surface area contributed by atoms with E-state index in [4.69, 9.17) is 11.0 Å². The number of anilines is 1. The number of thiophene rings is 1. The SMILES string of the molecule is CC(NS(=O)(=O)c1ccc(N)cc1C#N)c1cccs1. The van der Waals surface area contributed by atoms with Crippen molar-refractivity contribution in [2.45, 2.75) is 17.9 Å². The molecule has 7 heteroatoms. The molecule has 0 bridgehead atoms. The molecule has 5 nitrogen and oxygen atoms in total. The lowest BCUT2D eigenvalue weighted by molar-refractivity contribution is 0.568. The van der Waals surface area contributed by atoms with Crippen LogP contribution < -0.4 is 10.5 Å². The normalized spacial score (nSPS) is 12.8. The van der Waals surface area contributed by atoms with Crippen LogP contribution in [0, 0.1) is 11.3 Å². The second-order valence-electron chi connectivity index (χ2n) is 4.23. The van der Waals surface area contributed by atoms with Gasteiger partial charge in [-0.25, -0.2) is 13.1 Å². The van der Waals surface area contributed by atoms with E-state index in [0.717, 1.165) is 4.88 Å². The molecule has 0 amide bonds. The number of nitrogens with two attached hydrogens (primary N) is 1. The Bertz CT molecular complexity index is 746. The molecule has 1 heterocycles. The Labute approximate surface area is 121 Å². The van der Waals surface area contributed by atoms with E-state index in [1.54, 1.807) is 6.92 Å². The molecule has 104 valence electrons. The van der Waals surface area contributed by atoms with E-state index in [9.17, 15) is 8.42 Å². The zero-order valence-corrected chi connectivity index (χ0v) is 12.3. The van der Waals surface area contributed by atoms with Gasteiger partial charge in [-0.1, -0.05) is 6.07 Å². The molecule has 1 aromatic heterocycles. The van der Waals surface area contributed by atoms with Crippen molar-refractivity contribution >= 4 is 27.0 Å². The maximum absolute atomic E-state index is 12.3. The highest BCUT2D eigenvalue weighted by atomic mass is 32.2. The minimum Gasteiger partial charge on any atom is -0.399 e. The minimum atomic E-state index is -3.77. The van der Waals surface area contributed by atoms with Gasteiger partial charge in [0.1, 0.15) is 6.07 Å². The van der Waals surface area contributed by atoms with Gasteiger partial charge in [0, 0.05) is 10.6 Å². The third kappa shape index (κ3) is 2.99. The Morgan fingerprint density at radius 1 is 1.40 bits per heavy atom. The van der Waals surface area contributed by atoms with Crippen LogP contribution in [0.3, 0.4) is 0 Å². The van der Waals surface area contributed by atoms with Crippen molar-refractivity contribution in [2.24, 2.45) is 0 Å². The fourth-order valence-corrected chi connectivity index (χ4v) is 3.93. The molecule has 0 aliphatic heterocycles. The molecule has 0 saturated heterocycles. The van der Waals surface area contributed by atoms with Crippen molar-refractivity contribution in [3.8, 4) is 6.07 Å². The molecular weight excluding hydrogens is 294 g/mol. The third-order valence-corrected chi connectivity index (χ3v) is 5.37. The van der Waals surface area contributed by atoms with Gasteiger partial charge in [0.15, 0.2) is 0 Å². The molecular formula is C13H13N3O2S2. The van der Waals surface area contributed by atoms with E-state index in [2.05, 4.69) is 4.72 Å². The van der Waals surface area contributed by atoms with Crippen molar-refractivity contribution in [2.75, 3.05) is 5.73 Å². The summed E-state index contributed by atoms with van der Waals surface area (Å²) in [4.78, 5) is 0.847. The lowest BCUT2D eigenvalue weighted by Crippen LogP contribution is -2.27. The zero-order chi connectivity index (χ0) is 14.8. The maximum atomic E-state index is 12.3. The largest absolute Gasteiger partial charge is 0.399 e. The second kappa shape index (κ2) is 5.63. The summed E-state index contributed by atoms with van der Waals surface area (Å²) in [5.74, 6) is 0. The summed E-state index contributed by atoms with van der Waals surface area (Å²) < 4.78 is 27.2. The van der Waals surface area contributed by atoms with Gasteiger partial charge >= 0.3 is 0 Å². The maximum Gasteiger partial charge on any atom is 0.242 e. The lowest BCUT2D eigenvalue weighted by atomic mass is 10.2. The van der Waals surface area contributed by atoms with Gasteiger partial charge in [-0.2, -0.15) is 5.26 Å². The first-order chi connectivity index (χ1) is 9.44. The van der Waals surface area contributed by atoms with Gasteiger partial charge in [0.25, 0.3) is 0 Å². The number of nitrogens with one attached hydrogen (secondary N) is 1. The van der Waals surface area contributed by atoms with Crippen molar-refractivity contribution in [1.29, 1.82) is 5.26 Å². The van der Waals surface area contributed by atoms with E-state index >= 15 is 0 Å². The predicted octanol–water partition coefficient (Wildman–Crippen LogP) is 2.24. The predicted molar refractivity (Wildman–Crippen MR) is 78.6 cm³/mol. The first kappa shape index (κ1) is 14.5. The number of hydrogen-bond donors (Lipinski definition) is 2. The number of hydrogen-bond acceptors (Lipinski definition) is 5. The summed E-state index contributed by atoms with van der Waals surface area (Å²) in [6.45, 7) is 1.76. The molecule has 3 N–H and O–H groups in total. The Morgan fingerprint density at radius 3 is 2.75 bits per heavy atom. The first-order valence-corrected chi connectivity index (χ1v) is 8.15. The molecule has 0 saturated carbocycles. The highest BCUT2D eigenvalue weighted by Crippen LogP contribution is 2.23. The van der Waals surface area contributed by atoms with E-state index in [1.165, 1.54) is 29.5 Å². The molecule has 1 aromatic carbocycles. The average Bonchev–Trinajstić information content (AvgIpc) is 2.91. The molecule has 0 aliphatic carbocycles. The van der Waals surface area contributed by atoms with Gasteiger partial charge < -0.3 is 5.73 Å². The molecule has 1 unspecified atom stereocenters. The molecule has 2 aromatic rings. The van der Waals surface area contributed by atoms with Crippen molar-refractivity contribution in [3.05, 3.63) is 46.2 Å². The van der Waals surface area contributed by atoms with Crippen molar-refractivity contribution in [1.82, 2.24) is 4.72 Å². The topological polar surface area (TPSA) is 96.0 Å². The van der Waals surface area contributed by atoms with Gasteiger partial charge in [-0.3, -0.25) is 0 Å². The fourth-order valence-electron chi connectivity index (χ4n) is 1.76. The van der Waals surface area contributed by atoms with Crippen molar-refractivity contribution < 1.29 is 8.42 Å². The lowest BCUT2D eigenvalue weighted by Gasteiger charge is -2.13. The number of rotatable bonds is 4. The van der Waals surface area contributed by atoms with Gasteiger partial charge in [0.2, 0.25) is 10.0 Å². The van der Waals surface area contributed by atoms with Crippen LogP contribution in [-0.2, 0) is 10.0 Å². The minimum absolute atomic E-state index is 0.0379. The number of sulfonamides is 1. The molecule has 0 fully saturated rings.